The summed E-state index contributed by atoms with van der Waals surface area (Å²) >= 11 is 12.1. The van der Waals surface area contributed by atoms with E-state index >= 15 is 0 Å². The molecule has 0 heterocycles. The summed E-state index contributed by atoms with van der Waals surface area (Å²) in [5.74, 6) is 0.212. The molecule has 1 aromatic rings. The molecule has 3 N–H and O–H groups in total. The van der Waals surface area contributed by atoms with Crippen LogP contribution in [0.25, 0.3) is 0 Å². The predicted molar refractivity (Wildman–Crippen MR) is 116 cm³/mol. The van der Waals surface area contributed by atoms with Crippen molar-refractivity contribution >= 4 is 63.0 Å². The standard InChI is InChI=1S/C16H23Cl2N3O2S.HI/c1-11(13-6-5-12(17)9-14(13)18)21-15(19)20-10-16(24(2,22)23)7-3-4-8-16;/h5-6,9,11H,3-4,7-8,10H2,1-2H3,(H3,19,20,21);1H. The molecule has 1 saturated carbocycles. The van der Waals surface area contributed by atoms with Crippen molar-refractivity contribution in [1.82, 2.24) is 5.32 Å². The highest BCUT2D eigenvalue weighted by Crippen LogP contribution is 2.36. The minimum absolute atomic E-state index is 0. The summed E-state index contributed by atoms with van der Waals surface area (Å²) in [6.07, 6.45) is 4.38. The van der Waals surface area contributed by atoms with E-state index in [0.29, 0.717) is 22.9 Å². The third-order valence-electron chi connectivity index (χ3n) is 4.63. The Bertz CT molecular complexity index is 735. The van der Waals surface area contributed by atoms with Crippen LogP contribution in [0.1, 0.15) is 44.2 Å². The summed E-state index contributed by atoms with van der Waals surface area (Å²) in [6, 6.07) is 5.08. The first-order chi connectivity index (χ1) is 11.1. The topological polar surface area (TPSA) is 84.5 Å². The van der Waals surface area contributed by atoms with Gasteiger partial charge >= 0.3 is 0 Å². The van der Waals surface area contributed by atoms with Crippen molar-refractivity contribution in [2.24, 2.45) is 10.7 Å². The van der Waals surface area contributed by atoms with E-state index in [0.717, 1.165) is 18.4 Å². The Balaban J connectivity index is 0.00000312. The summed E-state index contributed by atoms with van der Waals surface area (Å²) in [4.78, 5) is 4.29. The molecule has 1 aromatic carbocycles. The van der Waals surface area contributed by atoms with Crippen LogP contribution in [0.3, 0.4) is 0 Å². The molecule has 0 radical (unpaired) electrons. The molecule has 1 atom stereocenters. The van der Waals surface area contributed by atoms with Crippen molar-refractivity contribution in [3.05, 3.63) is 33.8 Å². The second-order valence-electron chi connectivity index (χ2n) is 6.40. The van der Waals surface area contributed by atoms with Crippen molar-refractivity contribution in [2.45, 2.75) is 43.4 Å². The fraction of sp³-hybridized carbons (Fsp3) is 0.562. The van der Waals surface area contributed by atoms with E-state index in [1.807, 2.05) is 13.0 Å². The van der Waals surface area contributed by atoms with Gasteiger partial charge in [0.2, 0.25) is 0 Å². The van der Waals surface area contributed by atoms with Gasteiger partial charge < -0.3 is 11.1 Å². The van der Waals surface area contributed by atoms with Crippen molar-refractivity contribution in [3.8, 4) is 0 Å². The Morgan fingerprint density at radius 1 is 1.36 bits per heavy atom. The lowest BCUT2D eigenvalue weighted by atomic mass is 10.1. The monoisotopic (exact) mass is 519 g/mol. The highest BCUT2D eigenvalue weighted by atomic mass is 127. The third-order valence-corrected chi connectivity index (χ3v) is 7.31. The molecule has 5 nitrogen and oxygen atoms in total. The third kappa shape index (κ3) is 5.61. The Morgan fingerprint density at radius 3 is 2.48 bits per heavy atom. The van der Waals surface area contributed by atoms with Gasteiger partial charge in [0, 0.05) is 16.3 Å². The Kier molecular flexibility index (Phi) is 8.30. The molecule has 9 heteroatoms. The van der Waals surface area contributed by atoms with Crippen LogP contribution in [0.4, 0.5) is 0 Å². The van der Waals surface area contributed by atoms with Crippen LogP contribution in [0.5, 0.6) is 0 Å². The molecule has 2 rings (SSSR count). The fourth-order valence-corrected chi connectivity index (χ4v) is 4.99. The number of guanidine groups is 1. The van der Waals surface area contributed by atoms with Crippen molar-refractivity contribution in [3.63, 3.8) is 0 Å². The number of nitrogens with two attached hydrogens (primary N) is 1. The summed E-state index contributed by atoms with van der Waals surface area (Å²) in [7, 11) is -3.18. The maximum absolute atomic E-state index is 12.1. The van der Waals surface area contributed by atoms with Gasteiger partial charge in [-0.2, -0.15) is 0 Å². The van der Waals surface area contributed by atoms with E-state index in [-0.39, 0.29) is 42.5 Å². The zero-order valence-electron chi connectivity index (χ0n) is 14.3. The zero-order valence-corrected chi connectivity index (χ0v) is 18.9. The molecule has 25 heavy (non-hydrogen) atoms. The summed E-state index contributed by atoms with van der Waals surface area (Å²) in [5, 5.41) is 4.16. The van der Waals surface area contributed by atoms with Gasteiger partial charge in [-0.15, -0.1) is 24.0 Å². The number of nitrogens with one attached hydrogen (secondary N) is 1. The fourth-order valence-electron chi connectivity index (χ4n) is 3.09. The van der Waals surface area contributed by atoms with Crippen LogP contribution in [-0.2, 0) is 9.84 Å². The van der Waals surface area contributed by atoms with Gasteiger partial charge in [-0.1, -0.05) is 42.1 Å². The van der Waals surface area contributed by atoms with E-state index in [9.17, 15) is 8.42 Å². The maximum atomic E-state index is 12.1. The van der Waals surface area contributed by atoms with Crippen LogP contribution >= 0.6 is 47.2 Å². The summed E-state index contributed by atoms with van der Waals surface area (Å²) < 4.78 is 23.5. The van der Waals surface area contributed by atoms with Crippen LogP contribution in [0.15, 0.2) is 23.2 Å². The first kappa shape index (κ1) is 22.8. The number of benzene rings is 1. The van der Waals surface area contributed by atoms with Crippen LogP contribution in [-0.4, -0.2) is 31.9 Å². The van der Waals surface area contributed by atoms with Crippen LogP contribution in [0, 0.1) is 0 Å². The van der Waals surface area contributed by atoms with E-state index < -0.39 is 14.6 Å². The van der Waals surface area contributed by atoms with Gasteiger partial charge in [0.25, 0.3) is 0 Å². The molecule has 0 spiro atoms. The second-order valence-corrected chi connectivity index (χ2v) is 9.65. The van der Waals surface area contributed by atoms with Crippen molar-refractivity contribution in [1.29, 1.82) is 0 Å². The second kappa shape index (κ2) is 9.10. The van der Waals surface area contributed by atoms with E-state index in [1.54, 1.807) is 12.1 Å². The molecule has 1 unspecified atom stereocenters. The molecular weight excluding hydrogens is 496 g/mol. The maximum Gasteiger partial charge on any atom is 0.189 e. The zero-order chi connectivity index (χ0) is 18.0. The largest absolute Gasteiger partial charge is 0.370 e. The molecule has 1 fully saturated rings. The molecule has 0 amide bonds. The lowest BCUT2D eigenvalue weighted by Crippen LogP contribution is -2.41. The quantitative estimate of drug-likeness (QED) is 0.350. The molecule has 1 aliphatic rings. The first-order valence-electron chi connectivity index (χ1n) is 7.86. The predicted octanol–water partition coefficient (Wildman–Crippen LogP) is 3.93. The minimum atomic E-state index is -3.18. The van der Waals surface area contributed by atoms with E-state index in [4.69, 9.17) is 28.9 Å². The van der Waals surface area contributed by atoms with Gasteiger partial charge in [0.05, 0.1) is 17.3 Å². The highest BCUT2D eigenvalue weighted by Gasteiger charge is 2.43. The Morgan fingerprint density at radius 2 is 1.96 bits per heavy atom. The number of hydrogen-bond acceptors (Lipinski definition) is 3. The summed E-state index contributed by atoms with van der Waals surface area (Å²) in [5.41, 5.74) is 6.79. The van der Waals surface area contributed by atoms with Crippen LogP contribution in [0.2, 0.25) is 10.0 Å². The molecule has 0 saturated heterocycles. The van der Waals surface area contributed by atoms with Gasteiger partial charge in [-0.05, 0) is 37.5 Å². The average molecular weight is 520 g/mol. The number of rotatable bonds is 5. The van der Waals surface area contributed by atoms with Gasteiger partial charge in [-0.3, -0.25) is 4.99 Å². The smallest absolute Gasteiger partial charge is 0.189 e. The highest BCUT2D eigenvalue weighted by molar-refractivity contribution is 14.0. The molecule has 1 aliphatic carbocycles. The number of sulfone groups is 1. The number of halogens is 3. The lowest BCUT2D eigenvalue weighted by Gasteiger charge is -2.25. The van der Waals surface area contributed by atoms with Crippen molar-refractivity contribution < 1.29 is 8.42 Å². The average Bonchev–Trinajstić information content (AvgIpc) is 2.94. The normalized spacial score (nSPS) is 18.5. The molecule has 0 bridgehead atoms. The number of nitrogens with zero attached hydrogens (tertiary/aromatic N) is 1. The number of aliphatic imine (C=N–C) groups is 1. The van der Waals surface area contributed by atoms with E-state index in [2.05, 4.69) is 10.3 Å². The van der Waals surface area contributed by atoms with Crippen molar-refractivity contribution in [2.75, 3.05) is 12.8 Å². The molecule has 142 valence electrons. The SMILES string of the molecule is CC(NC(N)=NCC1(S(C)(=O)=O)CCCC1)c1ccc(Cl)cc1Cl.I. The Labute approximate surface area is 176 Å². The number of hydrogen-bond donors (Lipinski definition) is 2. The lowest BCUT2D eigenvalue weighted by molar-refractivity contribution is 0.520. The van der Waals surface area contributed by atoms with Gasteiger partial charge in [0.1, 0.15) is 0 Å². The summed E-state index contributed by atoms with van der Waals surface area (Å²) in [6.45, 7) is 2.09. The molecular formula is C16H24Cl2IN3O2S. The van der Waals surface area contributed by atoms with E-state index in [1.165, 1.54) is 6.26 Å². The Hall–Kier alpha value is -0.250. The first-order valence-corrected chi connectivity index (χ1v) is 10.5. The minimum Gasteiger partial charge on any atom is -0.370 e. The molecule has 0 aromatic heterocycles. The molecule has 0 aliphatic heterocycles. The van der Waals surface area contributed by atoms with Gasteiger partial charge in [-0.25, -0.2) is 8.42 Å². The van der Waals surface area contributed by atoms with Gasteiger partial charge in [0.15, 0.2) is 15.8 Å². The van der Waals surface area contributed by atoms with Crippen LogP contribution < -0.4 is 11.1 Å².